The minimum absolute atomic E-state index is 0.388. The number of para-hydroxylation sites is 4. The van der Waals surface area contributed by atoms with Gasteiger partial charge in [-0.25, -0.2) is 9.97 Å². The third-order valence-electron chi connectivity index (χ3n) is 5.86. The van der Waals surface area contributed by atoms with Crippen LogP contribution in [0.15, 0.2) is 133 Å². The van der Waals surface area contributed by atoms with Crippen molar-refractivity contribution in [2.24, 2.45) is 0 Å². The Balaban J connectivity index is 1.57. The van der Waals surface area contributed by atoms with Gasteiger partial charge < -0.3 is 0 Å². The fraction of sp³-hybridized carbons (Fsp3) is 0. The Hall–Kier alpha value is -5.22. The summed E-state index contributed by atoms with van der Waals surface area (Å²) in [5.41, 5.74) is -3.45. The van der Waals surface area contributed by atoms with E-state index in [0.717, 1.165) is 9.13 Å². The highest BCUT2D eigenvalue weighted by Crippen LogP contribution is 2.33. The van der Waals surface area contributed by atoms with Crippen LogP contribution in [-0.4, -0.2) is 19.1 Å². The zero-order valence-corrected chi connectivity index (χ0v) is 18.8. The topological polar surface area (TPSA) is 35.6 Å². The second-order valence-corrected chi connectivity index (χ2v) is 7.88. The molecule has 4 aromatic heterocycles. The molecule has 4 heteroatoms. The SMILES string of the molecule is [2H]c1c(-c2nc(-n3c4c([2H])c([2H])c([2H])c([2H])c4c4c([2H])c([2H])c([2H])c([2H])c43)c([2H])c([2H])c2[2H])nc(-n2c3c([2H])c([2H])c([2H])c([2H])c3c3c([2H])c([2H])c([2H])c([2H])c32)c([2H])c1[2H]. The Morgan fingerprint density at radius 1 is 0.368 bits per heavy atom. The van der Waals surface area contributed by atoms with Crippen molar-refractivity contribution in [3.8, 4) is 23.0 Å². The largest absolute Gasteiger partial charge is 0.294 e. The normalized spacial score (nSPS) is 19.8. The lowest BCUT2D eigenvalue weighted by molar-refractivity contribution is 1.06. The smallest absolute Gasteiger partial charge is 0.138 e. The molecule has 0 radical (unpaired) electrons. The van der Waals surface area contributed by atoms with E-state index in [-0.39, 0.29) is 21.5 Å². The molecule has 38 heavy (non-hydrogen) atoms. The predicted molar refractivity (Wildman–Crippen MR) is 156 cm³/mol. The molecule has 0 saturated heterocycles. The van der Waals surface area contributed by atoms with Crippen molar-refractivity contribution in [2.75, 3.05) is 0 Å². The maximum Gasteiger partial charge on any atom is 0.138 e. The van der Waals surface area contributed by atoms with Crippen LogP contribution < -0.4 is 0 Å². The number of fused-ring (bicyclic) bond motifs is 6. The number of aromatic nitrogens is 4. The van der Waals surface area contributed by atoms with E-state index in [1.54, 1.807) is 0 Å². The lowest BCUT2D eigenvalue weighted by Crippen LogP contribution is -2.01. The van der Waals surface area contributed by atoms with Crippen molar-refractivity contribution < 1.29 is 30.2 Å². The van der Waals surface area contributed by atoms with E-state index >= 15 is 0 Å². The van der Waals surface area contributed by atoms with Crippen molar-refractivity contribution in [1.29, 1.82) is 0 Å². The third-order valence-corrected chi connectivity index (χ3v) is 5.86. The predicted octanol–water partition coefficient (Wildman–Crippen LogP) is 8.34. The maximum atomic E-state index is 8.93. The summed E-state index contributed by atoms with van der Waals surface area (Å²) in [6.07, 6.45) is 0. The first-order chi connectivity index (χ1) is 28.0. The quantitative estimate of drug-likeness (QED) is 0.240. The van der Waals surface area contributed by atoms with Crippen LogP contribution in [0.2, 0.25) is 0 Å². The fourth-order valence-corrected chi connectivity index (χ4v) is 4.32. The van der Waals surface area contributed by atoms with Gasteiger partial charge in [0.25, 0.3) is 0 Å². The summed E-state index contributed by atoms with van der Waals surface area (Å²) in [6.45, 7) is 0. The molecule has 0 aliphatic carbocycles. The van der Waals surface area contributed by atoms with Crippen molar-refractivity contribution >= 4 is 43.6 Å². The molecule has 8 aromatic rings. The van der Waals surface area contributed by atoms with Crippen LogP contribution in [0.1, 0.15) is 30.2 Å². The Labute approximate surface area is 250 Å². The molecule has 0 atom stereocenters. The van der Waals surface area contributed by atoms with Crippen LogP contribution in [-0.2, 0) is 0 Å². The standard InChI is InChI=1S/C34H22N4/c1-5-17-29-23(11-1)24-12-2-6-18-30(24)37(29)33-21-9-15-27(35-33)28-16-10-22-34(36-28)38-31-19-7-3-13-25(31)26-14-4-8-20-32(26)38/h1-22H/i1D,2D,3D,4D,5D,6D,7D,8D,9D,10D,11D,12D,13D,14D,15D,16D,17D,18D,19D,20D,21D,22D. The summed E-state index contributed by atoms with van der Waals surface area (Å²) in [4.78, 5) is 8.74. The van der Waals surface area contributed by atoms with Gasteiger partial charge in [-0.3, -0.25) is 9.13 Å². The molecule has 4 aromatic carbocycles. The molecular weight excluding hydrogens is 464 g/mol. The molecule has 0 spiro atoms. The molecule has 0 amide bonds. The first kappa shape index (κ1) is 8.67. The van der Waals surface area contributed by atoms with Gasteiger partial charge in [-0.2, -0.15) is 0 Å². The van der Waals surface area contributed by atoms with Gasteiger partial charge in [0, 0.05) is 21.5 Å². The third kappa shape index (κ3) is 3.04. The average molecular weight is 509 g/mol. The first-order valence-electron chi connectivity index (χ1n) is 22.0. The van der Waals surface area contributed by atoms with Gasteiger partial charge in [-0.1, -0.05) is 84.6 Å². The van der Waals surface area contributed by atoms with E-state index in [1.807, 2.05) is 0 Å². The summed E-state index contributed by atoms with van der Waals surface area (Å²) in [5.74, 6) is -1.46. The van der Waals surface area contributed by atoms with Crippen molar-refractivity contribution in [3.05, 3.63) is 133 Å². The molecule has 0 aliphatic heterocycles. The number of nitrogens with zero attached hydrogens (tertiary/aromatic N) is 4. The summed E-state index contributed by atoms with van der Waals surface area (Å²) < 4.78 is 192. The minimum atomic E-state index is -0.934. The van der Waals surface area contributed by atoms with Gasteiger partial charge in [0.1, 0.15) is 11.6 Å². The Morgan fingerprint density at radius 2 is 0.684 bits per heavy atom. The number of hydrogen-bond donors (Lipinski definition) is 0. The highest BCUT2D eigenvalue weighted by molar-refractivity contribution is 6.10. The molecule has 0 saturated carbocycles. The lowest BCUT2D eigenvalue weighted by Gasteiger charge is -2.11. The van der Waals surface area contributed by atoms with Crippen LogP contribution in [0.25, 0.3) is 66.6 Å². The monoisotopic (exact) mass is 508 g/mol. The van der Waals surface area contributed by atoms with Gasteiger partial charge in [-0.05, 0) is 48.3 Å². The Morgan fingerprint density at radius 3 is 1.03 bits per heavy atom. The average Bonchev–Trinajstić information content (AvgIpc) is 3.77. The fourth-order valence-electron chi connectivity index (χ4n) is 4.32. The lowest BCUT2D eigenvalue weighted by atomic mass is 10.2. The molecule has 4 nitrogen and oxygen atoms in total. The molecule has 0 unspecified atom stereocenters. The molecule has 0 bridgehead atoms. The van der Waals surface area contributed by atoms with Gasteiger partial charge in [0.15, 0.2) is 0 Å². The van der Waals surface area contributed by atoms with Crippen LogP contribution in [0.5, 0.6) is 0 Å². The van der Waals surface area contributed by atoms with Gasteiger partial charge >= 0.3 is 0 Å². The van der Waals surface area contributed by atoms with Gasteiger partial charge in [-0.15, -0.1) is 0 Å². The van der Waals surface area contributed by atoms with Crippen molar-refractivity contribution in [1.82, 2.24) is 19.1 Å². The minimum Gasteiger partial charge on any atom is -0.294 e. The molecule has 4 heterocycles. The van der Waals surface area contributed by atoms with E-state index in [2.05, 4.69) is 9.97 Å². The van der Waals surface area contributed by atoms with Gasteiger partial charge in [0.2, 0.25) is 0 Å². The second-order valence-electron chi connectivity index (χ2n) is 7.88. The summed E-state index contributed by atoms with van der Waals surface area (Å²) >= 11 is 0. The van der Waals surface area contributed by atoms with Crippen LogP contribution in [0.4, 0.5) is 0 Å². The van der Waals surface area contributed by atoms with Crippen LogP contribution in [0, 0.1) is 0 Å². The second kappa shape index (κ2) is 8.15. The number of benzene rings is 4. The molecule has 0 N–H and O–H groups in total. The Kier molecular flexibility index (Phi) is 1.86. The highest BCUT2D eigenvalue weighted by Gasteiger charge is 2.15. The van der Waals surface area contributed by atoms with E-state index in [4.69, 9.17) is 30.2 Å². The van der Waals surface area contributed by atoms with Gasteiger partial charge in [0.05, 0.1) is 63.6 Å². The zero-order valence-electron chi connectivity index (χ0n) is 40.8. The molecule has 0 fully saturated rings. The van der Waals surface area contributed by atoms with Crippen LogP contribution in [0.3, 0.4) is 0 Å². The van der Waals surface area contributed by atoms with Crippen molar-refractivity contribution in [2.45, 2.75) is 0 Å². The first-order valence-corrected chi connectivity index (χ1v) is 11.0. The molecule has 8 rings (SSSR count). The molecular formula is C34H22N4. The molecule has 178 valence electrons. The number of rotatable bonds is 3. The summed E-state index contributed by atoms with van der Waals surface area (Å²) in [7, 11) is 0. The Bertz CT molecular complexity index is 2980. The summed E-state index contributed by atoms with van der Waals surface area (Å²) in [6, 6.07) is -17.5. The maximum absolute atomic E-state index is 8.93. The zero-order chi connectivity index (χ0) is 44.2. The number of hydrogen-bond acceptors (Lipinski definition) is 2. The number of pyridine rings is 2. The van der Waals surface area contributed by atoms with E-state index in [1.165, 1.54) is 0 Å². The van der Waals surface area contributed by atoms with Crippen LogP contribution >= 0.6 is 0 Å². The highest BCUT2D eigenvalue weighted by atomic mass is 15.1. The summed E-state index contributed by atoms with van der Waals surface area (Å²) in [5, 5.41) is -1.55. The molecule has 0 aliphatic rings. The van der Waals surface area contributed by atoms with E-state index in [0.29, 0.717) is 0 Å². The van der Waals surface area contributed by atoms with E-state index in [9.17, 15) is 0 Å². The van der Waals surface area contributed by atoms with Crippen molar-refractivity contribution in [3.63, 3.8) is 0 Å². The van der Waals surface area contributed by atoms with E-state index < -0.39 is 178 Å².